The number of para-hydroxylation sites is 1. The molecule has 0 aliphatic carbocycles. The zero-order valence-corrected chi connectivity index (χ0v) is 10.5. The standard InChI is InChI=1S/C16H14N3/c1-12-18-15-10-6-5-9-14(15)16(19-12)17-11-13-7-3-2-4-8-13/h2-10H,1,11H2,(H,17,18,19). The van der Waals surface area contributed by atoms with Crippen molar-refractivity contribution in [2.45, 2.75) is 6.54 Å². The monoisotopic (exact) mass is 248 g/mol. The van der Waals surface area contributed by atoms with Crippen LogP contribution in [0.25, 0.3) is 10.9 Å². The second kappa shape index (κ2) is 5.06. The van der Waals surface area contributed by atoms with E-state index in [-0.39, 0.29) is 0 Å². The molecule has 19 heavy (non-hydrogen) atoms. The molecule has 0 amide bonds. The van der Waals surface area contributed by atoms with Crippen molar-refractivity contribution >= 4 is 16.7 Å². The van der Waals surface area contributed by atoms with Gasteiger partial charge in [-0.05, 0) is 17.7 Å². The summed E-state index contributed by atoms with van der Waals surface area (Å²) in [5.74, 6) is 1.37. The van der Waals surface area contributed by atoms with Gasteiger partial charge in [-0.25, -0.2) is 9.97 Å². The quantitative estimate of drug-likeness (QED) is 0.771. The minimum absolute atomic E-state index is 0.536. The van der Waals surface area contributed by atoms with Gasteiger partial charge in [0.25, 0.3) is 0 Å². The Morgan fingerprint density at radius 2 is 1.63 bits per heavy atom. The molecule has 1 aromatic heterocycles. The number of aromatic nitrogens is 2. The van der Waals surface area contributed by atoms with Crippen molar-refractivity contribution < 1.29 is 0 Å². The highest BCUT2D eigenvalue weighted by atomic mass is 15.0. The van der Waals surface area contributed by atoms with E-state index in [1.54, 1.807) is 0 Å². The van der Waals surface area contributed by atoms with E-state index in [1.807, 2.05) is 42.5 Å². The number of hydrogen-bond donors (Lipinski definition) is 1. The molecule has 0 saturated carbocycles. The summed E-state index contributed by atoms with van der Waals surface area (Å²) in [6, 6.07) is 18.2. The normalized spacial score (nSPS) is 10.6. The first-order chi connectivity index (χ1) is 9.33. The predicted octanol–water partition coefficient (Wildman–Crippen LogP) is 3.42. The highest BCUT2D eigenvalue weighted by molar-refractivity contribution is 5.89. The van der Waals surface area contributed by atoms with Crippen LogP contribution in [0.15, 0.2) is 54.6 Å². The average molecular weight is 248 g/mol. The number of nitrogens with one attached hydrogen (secondary N) is 1. The molecule has 0 aliphatic heterocycles. The van der Waals surface area contributed by atoms with Crippen molar-refractivity contribution in [3.8, 4) is 0 Å². The highest BCUT2D eigenvalue weighted by Gasteiger charge is 2.04. The van der Waals surface area contributed by atoms with Crippen LogP contribution < -0.4 is 5.32 Å². The molecule has 0 saturated heterocycles. The minimum atomic E-state index is 0.536. The fourth-order valence-electron chi connectivity index (χ4n) is 2.04. The molecule has 0 aliphatic rings. The molecule has 0 spiro atoms. The van der Waals surface area contributed by atoms with Crippen LogP contribution in [0.4, 0.5) is 5.82 Å². The second-order valence-corrected chi connectivity index (χ2v) is 4.34. The maximum atomic E-state index is 4.38. The Balaban J connectivity index is 1.92. The number of anilines is 1. The third kappa shape index (κ3) is 2.55. The smallest absolute Gasteiger partial charge is 0.137 e. The van der Waals surface area contributed by atoms with E-state index in [0.717, 1.165) is 23.3 Å². The van der Waals surface area contributed by atoms with Gasteiger partial charge >= 0.3 is 0 Å². The highest BCUT2D eigenvalue weighted by Crippen LogP contribution is 2.20. The zero-order valence-electron chi connectivity index (χ0n) is 10.5. The van der Waals surface area contributed by atoms with E-state index >= 15 is 0 Å². The Kier molecular flexibility index (Phi) is 3.11. The molecule has 3 aromatic rings. The third-order valence-corrected chi connectivity index (χ3v) is 2.95. The molecule has 3 rings (SSSR count). The van der Waals surface area contributed by atoms with Gasteiger partial charge in [0, 0.05) is 18.9 Å². The predicted molar refractivity (Wildman–Crippen MR) is 77.8 cm³/mol. The van der Waals surface area contributed by atoms with Crippen molar-refractivity contribution in [3.05, 3.63) is 72.9 Å². The molecule has 0 atom stereocenters. The summed E-state index contributed by atoms with van der Waals surface area (Å²) in [7, 11) is 0. The molecule has 1 N–H and O–H groups in total. The Bertz CT molecular complexity index is 693. The molecule has 3 nitrogen and oxygen atoms in total. The number of benzene rings is 2. The lowest BCUT2D eigenvalue weighted by atomic mass is 10.2. The molecule has 1 radical (unpaired) electrons. The Labute approximate surface area is 112 Å². The van der Waals surface area contributed by atoms with Gasteiger partial charge in [0.15, 0.2) is 0 Å². The van der Waals surface area contributed by atoms with Crippen LogP contribution in [0, 0.1) is 6.92 Å². The molecule has 2 aromatic carbocycles. The lowest BCUT2D eigenvalue weighted by Crippen LogP contribution is -2.04. The first-order valence-corrected chi connectivity index (χ1v) is 6.19. The average Bonchev–Trinajstić information content (AvgIpc) is 2.45. The Hall–Kier alpha value is -2.42. The van der Waals surface area contributed by atoms with Crippen molar-refractivity contribution in [3.63, 3.8) is 0 Å². The summed E-state index contributed by atoms with van der Waals surface area (Å²) in [6.07, 6.45) is 0. The minimum Gasteiger partial charge on any atom is -0.365 e. The van der Waals surface area contributed by atoms with E-state index in [9.17, 15) is 0 Å². The van der Waals surface area contributed by atoms with Gasteiger partial charge in [-0.1, -0.05) is 42.5 Å². The zero-order chi connectivity index (χ0) is 13.1. The van der Waals surface area contributed by atoms with Gasteiger partial charge in [0.1, 0.15) is 11.6 Å². The van der Waals surface area contributed by atoms with Crippen molar-refractivity contribution in [2.24, 2.45) is 0 Å². The topological polar surface area (TPSA) is 37.8 Å². The third-order valence-electron chi connectivity index (χ3n) is 2.95. The summed E-state index contributed by atoms with van der Waals surface area (Å²) in [5, 5.41) is 4.37. The van der Waals surface area contributed by atoms with Gasteiger partial charge < -0.3 is 5.32 Å². The molecule has 0 unspecified atom stereocenters. The Morgan fingerprint density at radius 3 is 2.47 bits per heavy atom. The number of nitrogens with zero attached hydrogens (tertiary/aromatic N) is 2. The van der Waals surface area contributed by atoms with Gasteiger partial charge in [-0.3, -0.25) is 0 Å². The van der Waals surface area contributed by atoms with Gasteiger partial charge in [-0.15, -0.1) is 0 Å². The largest absolute Gasteiger partial charge is 0.365 e. The lowest BCUT2D eigenvalue weighted by Gasteiger charge is -2.09. The van der Waals surface area contributed by atoms with Gasteiger partial charge in [0.2, 0.25) is 0 Å². The Morgan fingerprint density at radius 1 is 0.895 bits per heavy atom. The summed E-state index contributed by atoms with van der Waals surface area (Å²) in [5.41, 5.74) is 2.13. The number of hydrogen-bond acceptors (Lipinski definition) is 3. The first kappa shape index (κ1) is 11.7. The van der Waals surface area contributed by atoms with Crippen LogP contribution in [0.5, 0.6) is 0 Å². The van der Waals surface area contributed by atoms with E-state index in [0.29, 0.717) is 5.82 Å². The molecule has 0 bridgehead atoms. The van der Waals surface area contributed by atoms with E-state index in [2.05, 4.69) is 34.3 Å². The van der Waals surface area contributed by atoms with Crippen molar-refractivity contribution in [1.82, 2.24) is 9.97 Å². The fraction of sp³-hybridized carbons (Fsp3) is 0.0625. The van der Waals surface area contributed by atoms with Crippen molar-refractivity contribution in [1.29, 1.82) is 0 Å². The summed E-state index contributed by atoms with van der Waals surface area (Å²) in [4.78, 5) is 8.71. The maximum absolute atomic E-state index is 4.38. The fourth-order valence-corrected chi connectivity index (χ4v) is 2.04. The van der Waals surface area contributed by atoms with E-state index in [4.69, 9.17) is 0 Å². The van der Waals surface area contributed by atoms with Crippen LogP contribution in [0.2, 0.25) is 0 Å². The lowest BCUT2D eigenvalue weighted by molar-refractivity contribution is 1.08. The van der Waals surface area contributed by atoms with Gasteiger partial charge in [-0.2, -0.15) is 0 Å². The van der Waals surface area contributed by atoms with Crippen LogP contribution in [0.1, 0.15) is 11.4 Å². The summed E-state index contributed by atoms with van der Waals surface area (Å²) in [6.45, 7) is 4.56. The van der Waals surface area contributed by atoms with Crippen molar-refractivity contribution in [2.75, 3.05) is 5.32 Å². The number of fused-ring (bicyclic) bond motifs is 1. The number of rotatable bonds is 3. The molecule has 1 heterocycles. The SMILES string of the molecule is [CH2]c1nc(NCc2ccccc2)c2ccccc2n1. The molecular formula is C16H14N3. The summed E-state index contributed by atoms with van der Waals surface area (Å²) < 4.78 is 0. The van der Waals surface area contributed by atoms with Crippen LogP contribution in [-0.4, -0.2) is 9.97 Å². The maximum Gasteiger partial charge on any atom is 0.137 e. The van der Waals surface area contributed by atoms with E-state index < -0.39 is 0 Å². The molecule has 0 fully saturated rings. The van der Waals surface area contributed by atoms with Gasteiger partial charge in [0.05, 0.1) is 5.52 Å². The van der Waals surface area contributed by atoms with E-state index in [1.165, 1.54) is 5.56 Å². The van der Waals surface area contributed by atoms with Crippen LogP contribution in [0.3, 0.4) is 0 Å². The summed E-state index contributed by atoms with van der Waals surface area (Å²) >= 11 is 0. The molecule has 3 heteroatoms. The second-order valence-electron chi connectivity index (χ2n) is 4.34. The molecule has 93 valence electrons. The van der Waals surface area contributed by atoms with Crippen LogP contribution >= 0.6 is 0 Å². The first-order valence-electron chi connectivity index (χ1n) is 6.19. The van der Waals surface area contributed by atoms with Crippen LogP contribution in [-0.2, 0) is 6.54 Å². The molecular weight excluding hydrogens is 234 g/mol.